The molecule has 2 rings (SSSR count). The second-order valence-corrected chi connectivity index (χ2v) is 6.04. The number of rotatable bonds is 4. The van der Waals surface area contributed by atoms with E-state index in [0.717, 1.165) is 5.75 Å². The fourth-order valence-corrected chi connectivity index (χ4v) is 4.34. The van der Waals surface area contributed by atoms with E-state index in [2.05, 4.69) is 12.2 Å². The molecular weight excluding hydrogens is 220 g/mol. The summed E-state index contributed by atoms with van der Waals surface area (Å²) in [7, 11) is 0. The topological polar surface area (TPSA) is 53.0 Å². The van der Waals surface area contributed by atoms with Gasteiger partial charge in [-0.05, 0) is 6.42 Å². The van der Waals surface area contributed by atoms with Crippen molar-refractivity contribution in [2.24, 2.45) is 5.92 Å². The molecule has 0 saturated carbocycles. The van der Waals surface area contributed by atoms with Crippen LogP contribution in [0.1, 0.15) is 39.0 Å². The molecule has 4 heteroatoms. The Hall–Kier alpha value is -0.510. The normalized spacial score (nSPS) is 33.7. The first-order valence-electron chi connectivity index (χ1n) is 6.20. The van der Waals surface area contributed by atoms with E-state index in [9.17, 15) is 4.79 Å². The fraction of sp³-hybridized carbons (Fsp3) is 0.833. The van der Waals surface area contributed by atoms with Crippen molar-refractivity contribution < 1.29 is 4.79 Å². The average molecular weight is 240 g/mol. The lowest BCUT2D eigenvalue weighted by atomic mass is 9.85. The monoisotopic (exact) mass is 240 g/mol. The van der Waals surface area contributed by atoms with Crippen molar-refractivity contribution in [2.75, 3.05) is 5.75 Å². The molecule has 0 aliphatic carbocycles. The molecule has 0 aromatic carbocycles. The number of carbonyl (C=O) groups is 1. The van der Waals surface area contributed by atoms with Gasteiger partial charge in [0.1, 0.15) is 0 Å². The molecule has 90 valence electrons. The summed E-state index contributed by atoms with van der Waals surface area (Å²) in [4.78, 5) is 11.3. The predicted octanol–water partition coefficient (Wildman–Crippen LogP) is 2.21. The number of nitrogens with one attached hydrogen (secondary N) is 2. The van der Waals surface area contributed by atoms with E-state index >= 15 is 0 Å². The summed E-state index contributed by atoms with van der Waals surface area (Å²) in [5.74, 6) is 1.36. The summed E-state index contributed by atoms with van der Waals surface area (Å²) in [6.07, 6.45) is 5.33. The molecule has 1 amide bonds. The number of piperidine rings is 1. The molecule has 0 spiro atoms. The minimum atomic E-state index is 0.0426. The molecule has 0 radical (unpaired) electrons. The van der Waals surface area contributed by atoms with Gasteiger partial charge in [0.15, 0.2) is 0 Å². The number of hydrogen-bond acceptors (Lipinski definition) is 3. The summed E-state index contributed by atoms with van der Waals surface area (Å²) in [5, 5.41) is 11.6. The molecule has 16 heavy (non-hydrogen) atoms. The SMILES string of the molecule is CCCCCC1SCC2NC(=O)CC(=N)C21. The molecule has 0 aromatic rings. The largest absolute Gasteiger partial charge is 0.352 e. The van der Waals surface area contributed by atoms with Gasteiger partial charge in [-0.2, -0.15) is 11.8 Å². The maximum atomic E-state index is 11.3. The summed E-state index contributed by atoms with van der Waals surface area (Å²) in [6, 6.07) is 0.241. The molecular formula is C12H20N2OS. The number of thioether (sulfide) groups is 1. The third-order valence-electron chi connectivity index (χ3n) is 3.52. The van der Waals surface area contributed by atoms with Gasteiger partial charge >= 0.3 is 0 Å². The number of carbonyl (C=O) groups excluding carboxylic acids is 1. The molecule has 2 heterocycles. The molecule has 0 bridgehead atoms. The highest BCUT2D eigenvalue weighted by Gasteiger charge is 2.42. The summed E-state index contributed by atoms with van der Waals surface area (Å²) < 4.78 is 0. The Labute approximate surface area is 101 Å². The van der Waals surface area contributed by atoms with Gasteiger partial charge in [0, 0.05) is 28.7 Å². The molecule has 2 saturated heterocycles. The Morgan fingerprint density at radius 2 is 2.31 bits per heavy atom. The van der Waals surface area contributed by atoms with Crippen molar-refractivity contribution in [3.63, 3.8) is 0 Å². The zero-order valence-corrected chi connectivity index (χ0v) is 10.6. The van der Waals surface area contributed by atoms with Crippen molar-refractivity contribution in [3.8, 4) is 0 Å². The second-order valence-electron chi connectivity index (χ2n) is 4.77. The van der Waals surface area contributed by atoms with Crippen LogP contribution in [0.5, 0.6) is 0 Å². The van der Waals surface area contributed by atoms with Crippen molar-refractivity contribution in [1.29, 1.82) is 5.41 Å². The summed E-state index contributed by atoms with van der Waals surface area (Å²) in [6.45, 7) is 2.22. The Bertz CT molecular complexity index is 293. The zero-order chi connectivity index (χ0) is 11.5. The van der Waals surface area contributed by atoms with Gasteiger partial charge in [-0.3, -0.25) is 4.79 Å². The Morgan fingerprint density at radius 1 is 1.50 bits per heavy atom. The Kier molecular flexibility index (Phi) is 3.90. The molecule has 2 fully saturated rings. The Balaban J connectivity index is 1.92. The minimum absolute atomic E-state index is 0.0426. The van der Waals surface area contributed by atoms with E-state index in [1.165, 1.54) is 25.7 Å². The predicted molar refractivity (Wildman–Crippen MR) is 68.2 cm³/mol. The van der Waals surface area contributed by atoms with Gasteiger partial charge in [-0.15, -0.1) is 0 Å². The number of hydrogen-bond donors (Lipinski definition) is 2. The van der Waals surface area contributed by atoms with Crippen LogP contribution in [-0.4, -0.2) is 28.7 Å². The van der Waals surface area contributed by atoms with Crippen LogP contribution in [0.15, 0.2) is 0 Å². The fourth-order valence-electron chi connectivity index (χ4n) is 2.70. The first-order valence-corrected chi connectivity index (χ1v) is 7.25. The van der Waals surface area contributed by atoms with Crippen LogP contribution in [0.2, 0.25) is 0 Å². The minimum Gasteiger partial charge on any atom is -0.352 e. The molecule has 2 N–H and O–H groups in total. The lowest BCUT2D eigenvalue weighted by molar-refractivity contribution is -0.121. The van der Waals surface area contributed by atoms with Crippen LogP contribution < -0.4 is 5.32 Å². The van der Waals surface area contributed by atoms with Crippen molar-refractivity contribution in [3.05, 3.63) is 0 Å². The highest BCUT2D eigenvalue weighted by atomic mass is 32.2. The third kappa shape index (κ3) is 2.42. The van der Waals surface area contributed by atoms with Crippen LogP contribution >= 0.6 is 11.8 Å². The lowest BCUT2D eigenvalue weighted by Gasteiger charge is -2.29. The maximum Gasteiger partial charge on any atom is 0.225 e. The Morgan fingerprint density at radius 3 is 3.06 bits per heavy atom. The van der Waals surface area contributed by atoms with Gasteiger partial charge in [0.25, 0.3) is 0 Å². The third-order valence-corrected chi connectivity index (χ3v) is 5.02. The zero-order valence-electron chi connectivity index (χ0n) is 9.79. The van der Waals surface area contributed by atoms with Gasteiger partial charge in [0.2, 0.25) is 5.91 Å². The summed E-state index contributed by atoms with van der Waals surface area (Å²) in [5.41, 5.74) is 0.667. The first-order chi connectivity index (χ1) is 7.72. The van der Waals surface area contributed by atoms with Crippen molar-refractivity contribution >= 4 is 23.4 Å². The van der Waals surface area contributed by atoms with E-state index in [1.807, 2.05) is 11.8 Å². The quantitative estimate of drug-likeness (QED) is 0.740. The average Bonchev–Trinajstić information content (AvgIpc) is 2.62. The number of amides is 1. The van der Waals surface area contributed by atoms with Gasteiger partial charge in [0.05, 0.1) is 6.42 Å². The molecule has 3 unspecified atom stereocenters. The molecule has 2 aliphatic heterocycles. The standard InChI is InChI=1S/C12H20N2OS/c1-2-3-4-5-10-12-8(13)6-11(15)14-9(12)7-16-10/h9-10,12-13H,2-7H2,1H3,(H,14,15). The van der Waals surface area contributed by atoms with E-state index < -0.39 is 0 Å². The van der Waals surface area contributed by atoms with Crippen LogP contribution in [-0.2, 0) is 4.79 Å². The van der Waals surface area contributed by atoms with E-state index in [-0.39, 0.29) is 11.9 Å². The van der Waals surface area contributed by atoms with Crippen molar-refractivity contribution in [2.45, 2.75) is 50.3 Å². The molecule has 2 aliphatic rings. The molecule has 3 nitrogen and oxygen atoms in total. The first kappa shape index (κ1) is 12.0. The molecule has 0 aromatic heterocycles. The molecule has 3 atom stereocenters. The van der Waals surface area contributed by atoms with Gasteiger partial charge in [-0.1, -0.05) is 26.2 Å². The maximum absolute atomic E-state index is 11.3. The van der Waals surface area contributed by atoms with E-state index in [0.29, 0.717) is 23.3 Å². The van der Waals surface area contributed by atoms with Crippen LogP contribution in [0.4, 0.5) is 0 Å². The van der Waals surface area contributed by atoms with Crippen LogP contribution in [0.3, 0.4) is 0 Å². The number of fused-ring (bicyclic) bond motifs is 1. The van der Waals surface area contributed by atoms with Crippen LogP contribution in [0.25, 0.3) is 0 Å². The highest BCUT2D eigenvalue weighted by molar-refractivity contribution is 8.00. The van der Waals surface area contributed by atoms with E-state index in [4.69, 9.17) is 5.41 Å². The van der Waals surface area contributed by atoms with Gasteiger partial charge < -0.3 is 10.7 Å². The second kappa shape index (κ2) is 5.21. The van der Waals surface area contributed by atoms with Crippen LogP contribution in [0, 0.1) is 11.3 Å². The van der Waals surface area contributed by atoms with Crippen molar-refractivity contribution in [1.82, 2.24) is 5.32 Å². The van der Waals surface area contributed by atoms with E-state index in [1.54, 1.807) is 0 Å². The van der Waals surface area contributed by atoms with Gasteiger partial charge in [-0.25, -0.2) is 0 Å². The number of unbranched alkanes of at least 4 members (excludes halogenated alkanes) is 2. The smallest absolute Gasteiger partial charge is 0.225 e. The highest BCUT2D eigenvalue weighted by Crippen LogP contribution is 2.38. The lowest BCUT2D eigenvalue weighted by Crippen LogP contribution is -2.50. The summed E-state index contributed by atoms with van der Waals surface area (Å²) >= 11 is 1.95.